The predicted molar refractivity (Wildman–Crippen MR) is 40.1 cm³/mol. The van der Waals surface area contributed by atoms with E-state index in [1.54, 1.807) is 25.4 Å². The van der Waals surface area contributed by atoms with Gasteiger partial charge in [-0.15, -0.1) is 0 Å². The van der Waals surface area contributed by atoms with E-state index in [9.17, 15) is 0 Å². The van der Waals surface area contributed by atoms with E-state index >= 15 is 0 Å². The molecule has 0 bridgehead atoms. The van der Waals surface area contributed by atoms with Gasteiger partial charge in [0.2, 0.25) is 0 Å². The zero-order chi connectivity index (χ0) is 8.10. The standard InChI is InChI=1S/C8H8N2O/c1-11-8-3-5-10-7(6-8)2-4-9/h3,5-6H,2H2,1H3. The first-order chi connectivity index (χ1) is 5.36. The Morgan fingerprint density at radius 2 is 2.55 bits per heavy atom. The molecule has 0 spiro atoms. The number of rotatable bonds is 2. The molecule has 0 atom stereocenters. The summed E-state index contributed by atoms with van der Waals surface area (Å²) in [7, 11) is 1.59. The Labute approximate surface area is 65.3 Å². The van der Waals surface area contributed by atoms with Gasteiger partial charge in [-0.05, 0) is 6.07 Å². The smallest absolute Gasteiger partial charge is 0.122 e. The molecule has 0 unspecified atom stereocenters. The second-order valence-electron chi connectivity index (χ2n) is 2.02. The highest BCUT2D eigenvalue weighted by Gasteiger charge is 1.94. The van der Waals surface area contributed by atoms with Crippen molar-refractivity contribution in [2.45, 2.75) is 6.42 Å². The maximum absolute atomic E-state index is 8.35. The van der Waals surface area contributed by atoms with Gasteiger partial charge in [0.25, 0.3) is 0 Å². The van der Waals surface area contributed by atoms with Crippen LogP contribution in [-0.2, 0) is 6.42 Å². The highest BCUT2D eigenvalue weighted by Crippen LogP contribution is 2.09. The van der Waals surface area contributed by atoms with E-state index in [4.69, 9.17) is 10.00 Å². The van der Waals surface area contributed by atoms with Gasteiger partial charge >= 0.3 is 0 Å². The second-order valence-corrected chi connectivity index (χ2v) is 2.02. The maximum atomic E-state index is 8.35. The Bertz CT molecular complexity index is 278. The zero-order valence-corrected chi connectivity index (χ0v) is 6.24. The van der Waals surface area contributed by atoms with Crippen molar-refractivity contribution in [2.24, 2.45) is 0 Å². The molecule has 0 radical (unpaired) electrons. The molecule has 11 heavy (non-hydrogen) atoms. The van der Waals surface area contributed by atoms with Crippen LogP contribution in [0.5, 0.6) is 5.75 Å². The molecule has 0 amide bonds. The first-order valence-corrected chi connectivity index (χ1v) is 3.22. The first kappa shape index (κ1) is 7.55. The molecule has 0 aliphatic rings. The van der Waals surface area contributed by atoms with Gasteiger partial charge < -0.3 is 4.74 Å². The van der Waals surface area contributed by atoms with Crippen molar-refractivity contribution >= 4 is 0 Å². The monoisotopic (exact) mass is 148 g/mol. The number of methoxy groups -OCH3 is 1. The summed E-state index contributed by atoms with van der Waals surface area (Å²) in [5.41, 5.74) is 0.742. The third-order valence-electron chi connectivity index (χ3n) is 1.28. The van der Waals surface area contributed by atoms with Gasteiger partial charge in [-0.3, -0.25) is 4.98 Å². The fraction of sp³-hybridized carbons (Fsp3) is 0.250. The van der Waals surface area contributed by atoms with Gasteiger partial charge in [0.05, 0.1) is 25.3 Å². The average molecular weight is 148 g/mol. The first-order valence-electron chi connectivity index (χ1n) is 3.22. The van der Waals surface area contributed by atoms with Gasteiger partial charge in [-0.2, -0.15) is 5.26 Å². The summed E-state index contributed by atoms with van der Waals surface area (Å²) < 4.78 is 4.95. The van der Waals surface area contributed by atoms with Gasteiger partial charge in [-0.1, -0.05) is 0 Å². The Hall–Kier alpha value is -1.56. The molecule has 1 heterocycles. The summed E-state index contributed by atoms with van der Waals surface area (Å²) in [5.74, 6) is 0.741. The third-order valence-corrected chi connectivity index (χ3v) is 1.28. The fourth-order valence-electron chi connectivity index (χ4n) is 0.761. The van der Waals surface area contributed by atoms with Crippen LogP contribution in [0.15, 0.2) is 18.3 Å². The van der Waals surface area contributed by atoms with Gasteiger partial charge in [0.15, 0.2) is 0 Å². The summed E-state index contributed by atoms with van der Waals surface area (Å²) >= 11 is 0. The van der Waals surface area contributed by atoms with Crippen molar-refractivity contribution in [3.05, 3.63) is 24.0 Å². The van der Waals surface area contributed by atoms with Crippen LogP contribution in [0.4, 0.5) is 0 Å². The molecule has 0 aliphatic heterocycles. The summed E-state index contributed by atoms with van der Waals surface area (Å²) in [6, 6.07) is 5.52. The zero-order valence-electron chi connectivity index (χ0n) is 6.24. The number of nitriles is 1. The van der Waals surface area contributed by atoms with Crippen LogP contribution >= 0.6 is 0 Å². The molecule has 0 fully saturated rings. The molecule has 1 aromatic rings. The van der Waals surface area contributed by atoms with Crippen LogP contribution in [0.3, 0.4) is 0 Å². The van der Waals surface area contributed by atoms with Crippen LogP contribution in [-0.4, -0.2) is 12.1 Å². The summed E-state index contributed by atoms with van der Waals surface area (Å²) in [5, 5.41) is 8.35. The second kappa shape index (κ2) is 3.57. The summed E-state index contributed by atoms with van der Waals surface area (Å²) in [6.07, 6.45) is 1.96. The largest absolute Gasteiger partial charge is 0.497 e. The van der Waals surface area contributed by atoms with Crippen molar-refractivity contribution in [2.75, 3.05) is 7.11 Å². The number of hydrogen-bond acceptors (Lipinski definition) is 3. The van der Waals surface area contributed by atoms with E-state index in [1.807, 2.05) is 6.07 Å². The number of ether oxygens (including phenoxy) is 1. The molecule has 3 nitrogen and oxygen atoms in total. The minimum Gasteiger partial charge on any atom is -0.497 e. The lowest BCUT2D eigenvalue weighted by molar-refractivity contribution is 0.413. The molecule has 1 aromatic heterocycles. The van der Waals surface area contributed by atoms with Gasteiger partial charge in [0.1, 0.15) is 5.75 Å². The summed E-state index contributed by atoms with van der Waals surface area (Å²) in [4.78, 5) is 3.97. The minimum atomic E-state index is 0.331. The lowest BCUT2D eigenvalue weighted by atomic mass is 10.3. The van der Waals surface area contributed by atoms with Crippen LogP contribution in [0, 0.1) is 11.3 Å². The predicted octanol–water partition coefficient (Wildman–Crippen LogP) is 1.16. The number of nitrogens with zero attached hydrogens (tertiary/aromatic N) is 2. The topological polar surface area (TPSA) is 45.9 Å². The number of pyridine rings is 1. The lowest BCUT2D eigenvalue weighted by Gasteiger charge is -1.98. The highest BCUT2D eigenvalue weighted by molar-refractivity contribution is 5.23. The molecule has 0 aliphatic carbocycles. The number of aromatic nitrogens is 1. The van der Waals surface area contributed by atoms with Crippen LogP contribution < -0.4 is 4.74 Å². The minimum absolute atomic E-state index is 0.331. The maximum Gasteiger partial charge on any atom is 0.122 e. The Balaban J connectivity index is 2.84. The van der Waals surface area contributed by atoms with Crippen molar-refractivity contribution in [1.29, 1.82) is 5.26 Å². The van der Waals surface area contributed by atoms with Crippen LogP contribution in [0.25, 0.3) is 0 Å². The molecule has 0 saturated carbocycles. The molecule has 0 aromatic carbocycles. The van der Waals surface area contributed by atoms with Crippen molar-refractivity contribution in [3.63, 3.8) is 0 Å². The molecule has 1 rings (SSSR count). The Kier molecular flexibility index (Phi) is 2.45. The third kappa shape index (κ3) is 1.94. The van der Waals surface area contributed by atoms with E-state index in [0.29, 0.717) is 6.42 Å². The Morgan fingerprint density at radius 1 is 1.73 bits per heavy atom. The SMILES string of the molecule is COc1ccnc(CC#N)c1. The highest BCUT2D eigenvalue weighted by atomic mass is 16.5. The lowest BCUT2D eigenvalue weighted by Crippen LogP contribution is -1.89. The number of hydrogen-bond donors (Lipinski definition) is 0. The normalized spacial score (nSPS) is 8.73. The molecule has 56 valence electrons. The average Bonchev–Trinajstić information content (AvgIpc) is 2.06. The van der Waals surface area contributed by atoms with Crippen molar-refractivity contribution in [1.82, 2.24) is 4.98 Å². The fourth-order valence-corrected chi connectivity index (χ4v) is 0.761. The van der Waals surface area contributed by atoms with E-state index in [-0.39, 0.29) is 0 Å². The quantitative estimate of drug-likeness (QED) is 0.632. The van der Waals surface area contributed by atoms with Gasteiger partial charge in [-0.25, -0.2) is 0 Å². The summed E-state index contributed by atoms with van der Waals surface area (Å²) in [6.45, 7) is 0. The van der Waals surface area contributed by atoms with Crippen molar-refractivity contribution in [3.8, 4) is 11.8 Å². The Morgan fingerprint density at radius 3 is 3.18 bits per heavy atom. The van der Waals surface area contributed by atoms with E-state index in [1.165, 1.54) is 0 Å². The van der Waals surface area contributed by atoms with E-state index < -0.39 is 0 Å². The molecular formula is C8H8N2O. The molecular weight excluding hydrogens is 140 g/mol. The van der Waals surface area contributed by atoms with E-state index in [0.717, 1.165) is 11.4 Å². The molecule has 0 saturated heterocycles. The van der Waals surface area contributed by atoms with E-state index in [2.05, 4.69) is 4.98 Å². The molecule has 0 N–H and O–H groups in total. The van der Waals surface area contributed by atoms with Crippen LogP contribution in [0.2, 0.25) is 0 Å². The molecule has 3 heteroatoms. The van der Waals surface area contributed by atoms with Crippen LogP contribution in [0.1, 0.15) is 5.69 Å². The van der Waals surface area contributed by atoms with Crippen molar-refractivity contribution < 1.29 is 4.74 Å². The van der Waals surface area contributed by atoms with Gasteiger partial charge in [0, 0.05) is 12.3 Å².